The highest BCUT2D eigenvalue weighted by molar-refractivity contribution is 5.86. The van der Waals surface area contributed by atoms with Gasteiger partial charge in [0, 0.05) is 24.7 Å². The number of hydrogen-bond acceptors (Lipinski definition) is 3. The fourth-order valence-corrected chi connectivity index (χ4v) is 2.83. The minimum Gasteiger partial charge on any atom is -0.489 e. The molecule has 106 valence electrons. The van der Waals surface area contributed by atoms with Gasteiger partial charge >= 0.3 is 0 Å². The highest BCUT2D eigenvalue weighted by Gasteiger charge is 2.21. The number of hydrogen-bond donors (Lipinski definition) is 1. The molecule has 1 aliphatic rings. The number of aromatic amines is 1. The zero-order chi connectivity index (χ0) is 14.3. The van der Waals surface area contributed by atoms with Gasteiger partial charge < -0.3 is 14.6 Å². The molecule has 2 heterocycles. The lowest BCUT2D eigenvalue weighted by atomic mass is 10.1. The van der Waals surface area contributed by atoms with Crippen molar-refractivity contribution in [3.8, 4) is 5.75 Å². The first kappa shape index (κ1) is 13.2. The van der Waals surface area contributed by atoms with Gasteiger partial charge in [0.15, 0.2) is 0 Å². The van der Waals surface area contributed by atoms with Crippen LogP contribution in [0.25, 0.3) is 10.8 Å². The zero-order valence-corrected chi connectivity index (χ0v) is 12.2. The highest BCUT2D eigenvalue weighted by Crippen LogP contribution is 2.27. The summed E-state index contributed by atoms with van der Waals surface area (Å²) in [5, 5.41) is 1.71. The van der Waals surface area contributed by atoms with Crippen LogP contribution in [-0.2, 0) is 0 Å². The van der Waals surface area contributed by atoms with Crippen LogP contribution in [0, 0.1) is 13.8 Å². The first-order valence-corrected chi connectivity index (χ1v) is 7.02. The summed E-state index contributed by atoms with van der Waals surface area (Å²) in [6.07, 6.45) is 3.06. The van der Waals surface area contributed by atoms with E-state index in [1.165, 1.54) is 0 Å². The maximum Gasteiger partial charge on any atom is 0.255 e. The van der Waals surface area contributed by atoms with Crippen LogP contribution in [0.4, 0.5) is 0 Å². The SMILES string of the molecule is Cc1cc2c(=O)[nH]cc(C)c2cc1OC1CCN(C)C1. The molecule has 1 fully saturated rings. The first-order valence-electron chi connectivity index (χ1n) is 7.02. The van der Waals surface area contributed by atoms with Gasteiger partial charge in [-0.3, -0.25) is 4.79 Å². The summed E-state index contributed by atoms with van der Waals surface area (Å²) in [5.74, 6) is 0.895. The zero-order valence-electron chi connectivity index (χ0n) is 12.2. The third-order valence-corrected chi connectivity index (χ3v) is 4.05. The molecule has 0 aliphatic carbocycles. The molecule has 0 bridgehead atoms. The maximum atomic E-state index is 11.9. The summed E-state index contributed by atoms with van der Waals surface area (Å²) in [4.78, 5) is 16.9. The number of likely N-dealkylation sites (tertiary alicyclic amines) is 1. The van der Waals surface area contributed by atoms with Gasteiger partial charge in [0.25, 0.3) is 5.56 Å². The predicted molar refractivity (Wildman–Crippen MR) is 80.6 cm³/mol. The van der Waals surface area contributed by atoms with E-state index in [2.05, 4.69) is 16.9 Å². The molecule has 0 amide bonds. The van der Waals surface area contributed by atoms with Crippen LogP contribution in [0.2, 0.25) is 0 Å². The second-order valence-corrected chi connectivity index (χ2v) is 5.75. The minimum absolute atomic E-state index is 0.0409. The van der Waals surface area contributed by atoms with Gasteiger partial charge in [0.1, 0.15) is 11.9 Å². The standard InChI is InChI=1S/C16H20N2O2/c1-10-6-14-13(11(2)8-17-16(14)19)7-15(10)20-12-4-5-18(3)9-12/h6-8,12H,4-5,9H2,1-3H3,(H,17,19). The quantitative estimate of drug-likeness (QED) is 0.912. The molecule has 0 radical (unpaired) electrons. The van der Waals surface area contributed by atoms with E-state index >= 15 is 0 Å². The summed E-state index contributed by atoms with van der Waals surface area (Å²) in [7, 11) is 2.11. The molecule has 20 heavy (non-hydrogen) atoms. The number of aromatic nitrogens is 1. The van der Waals surface area contributed by atoms with Gasteiger partial charge in [-0.15, -0.1) is 0 Å². The van der Waals surface area contributed by atoms with E-state index in [0.29, 0.717) is 0 Å². The second kappa shape index (κ2) is 4.94. The fraction of sp³-hybridized carbons (Fsp3) is 0.438. The van der Waals surface area contributed by atoms with Crippen molar-refractivity contribution in [3.05, 3.63) is 39.8 Å². The number of nitrogens with one attached hydrogen (secondary N) is 1. The molecule has 4 nitrogen and oxygen atoms in total. The summed E-state index contributed by atoms with van der Waals surface area (Å²) in [6, 6.07) is 3.93. The van der Waals surface area contributed by atoms with E-state index in [1.807, 2.05) is 26.0 Å². The molecule has 0 spiro atoms. The van der Waals surface area contributed by atoms with E-state index in [4.69, 9.17) is 4.74 Å². The molecular weight excluding hydrogens is 252 g/mol. The molecule has 1 saturated heterocycles. The molecule has 1 aromatic heterocycles. The third kappa shape index (κ3) is 2.31. The molecule has 3 rings (SSSR count). The van der Waals surface area contributed by atoms with E-state index in [1.54, 1.807) is 6.20 Å². The fourth-order valence-electron chi connectivity index (χ4n) is 2.83. The molecule has 4 heteroatoms. The van der Waals surface area contributed by atoms with Crippen LogP contribution in [0.1, 0.15) is 17.5 Å². The van der Waals surface area contributed by atoms with Crippen LogP contribution >= 0.6 is 0 Å². The minimum atomic E-state index is -0.0409. The number of H-pyrrole nitrogens is 1. The molecule has 0 saturated carbocycles. The smallest absolute Gasteiger partial charge is 0.255 e. The lowest BCUT2D eigenvalue weighted by Crippen LogP contribution is -2.21. The maximum absolute atomic E-state index is 11.9. The number of ether oxygens (including phenoxy) is 1. The average molecular weight is 272 g/mol. The Labute approximate surface area is 118 Å². The van der Waals surface area contributed by atoms with Gasteiger partial charge in [-0.25, -0.2) is 0 Å². The number of pyridine rings is 1. The lowest BCUT2D eigenvalue weighted by Gasteiger charge is -2.16. The number of nitrogens with zero attached hydrogens (tertiary/aromatic N) is 1. The Bertz CT molecular complexity index is 705. The summed E-state index contributed by atoms with van der Waals surface area (Å²) < 4.78 is 6.13. The van der Waals surface area contributed by atoms with Gasteiger partial charge in [-0.1, -0.05) is 0 Å². The number of likely N-dealkylation sites (N-methyl/N-ethyl adjacent to an activating group) is 1. The molecule has 1 aliphatic heterocycles. The van der Waals surface area contributed by atoms with Crippen LogP contribution in [0.5, 0.6) is 5.75 Å². The van der Waals surface area contributed by atoms with Crippen molar-refractivity contribution in [2.75, 3.05) is 20.1 Å². The van der Waals surface area contributed by atoms with Crippen molar-refractivity contribution in [1.82, 2.24) is 9.88 Å². The second-order valence-electron chi connectivity index (χ2n) is 5.75. The lowest BCUT2D eigenvalue weighted by molar-refractivity contribution is 0.207. The highest BCUT2D eigenvalue weighted by atomic mass is 16.5. The van der Waals surface area contributed by atoms with E-state index < -0.39 is 0 Å². The van der Waals surface area contributed by atoms with Crippen molar-refractivity contribution in [2.24, 2.45) is 0 Å². The molecular formula is C16H20N2O2. The Kier molecular flexibility index (Phi) is 3.26. The largest absolute Gasteiger partial charge is 0.489 e. The van der Waals surface area contributed by atoms with Crippen molar-refractivity contribution in [1.29, 1.82) is 0 Å². The Hall–Kier alpha value is -1.81. The summed E-state index contributed by atoms with van der Waals surface area (Å²) in [6.45, 7) is 6.04. The average Bonchev–Trinajstić information content (AvgIpc) is 2.81. The van der Waals surface area contributed by atoms with Crippen LogP contribution in [-0.4, -0.2) is 36.1 Å². The van der Waals surface area contributed by atoms with E-state index in [9.17, 15) is 4.79 Å². The Morgan fingerprint density at radius 3 is 2.75 bits per heavy atom. The molecule has 1 unspecified atom stereocenters. The van der Waals surface area contributed by atoms with Gasteiger partial charge in [-0.05, 0) is 56.0 Å². The Morgan fingerprint density at radius 1 is 1.25 bits per heavy atom. The van der Waals surface area contributed by atoms with Crippen LogP contribution < -0.4 is 10.3 Å². The topological polar surface area (TPSA) is 45.3 Å². The van der Waals surface area contributed by atoms with Crippen molar-refractivity contribution < 1.29 is 4.74 Å². The number of aryl methyl sites for hydroxylation is 2. The third-order valence-electron chi connectivity index (χ3n) is 4.05. The summed E-state index contributed by atoms with van der Waals surface area (Å²) in [5.41, 5.74) is 2.04. The van der Waals surface area contributed by atoms with E-state index in [-0.39, 0.29) is 11.7 Å². The number of rotatable bonds is 2. The van der Waals surface area contributed by atoms with Crippen molar-refractivity contribution >= 4 is 10.8 Å². The molecule has 1 aromatic carbocycles. The number of fused-ring (bicyclic) bond motifs is 1. The summed E-state index contributed by atoms with van der Waals surface area (Å²) >= 11 is 0. The van der Waals surface area contributed by atoms with Crippen molar-refractivity contribution in [3.63, 3.8) is 0 Å². The van der Waals surface area contributed by atoms with Gasteiger partial charge in [0.2, 0.25) is 0 Å². The first-order chi connectivity index (χ1) is 9.54. The van der Waals surface area contributed by atoms with Gasteiger partial charge in [0.05, 0.1) is 0 Å². The predicted octanol–water partition coefficient (Wildman–Crippen LogP) is 2.23. The molecule has 1 atom stereocenters. The monoisotopic (exact) mass is 272 g/mol. The normalized spacial score (nSPS) is 19.6. The Balaban J connectivity index is 2.01. The van der Waals surface area contributed by atoms with Gasteiger partial charge in [-0.2, -0.15) is 0 Å². The molecule has 1 N–H and O–H groups in total. The Morgan fingerprint density at radius 2 is 2.05 bits per heavy atom. The number of benzene rings is 1. The van der Waals surface area contributed by atoms with E-state index in [0.717, 1.165) is 47.2 Å². The van der Waals surface area contributed by atoms with Crippen molar-refractivity contribution in [2.45, 2.75) is 26.4 Å². The van der Waals surface area contributed by atoms with Crippen LogP contribution in [0.3, 0.4) is 0 Å². The molecule has 2 aromatic rings. The van der Waals surface area contributed by atoms with Crippen LogP contribution in [0.15, 0.2) is 23.1 Å².